The molecule has 0 spiro atoms. The maximum atomic E-state index is 13.2. The van der Waals surface area contributed by atoms with Gasteiger partial charge in [-0.2, -0.15) is 0 Å². The smallest absolute Gasteiger partial charge is 0.262 e. The summed E-state index contributed by atoms with van der Waals surface area (Å²) in [4.78, 5) is 14.9. The van der Waals surface area contributed by atoms with E-state index in [2.05, 4.69) is 5.32 Å². The second kappa shape index (κ2) is 6.84. The van der Waals surface area contributed by atoms with Gasteiger partial charge in [0.1, 0.15) is 6.17 Å². The molecule has 0 saturated carbocycles. The first-order valence-electron chi connectivity index (χ1n) is 7.94. The summed E-state index contributed by atoms with van der Waals surface area (Å²) in [6.45, 7) is 0. The molecule has 1 aliphatic rings. The summed E-state index contributed by atoms with van der Waals surface area (Å²) in [7, 11) is 0. The van der Waals surface area contributed by atoms with Crippen LogP contribution in [0.5, 0.6) is 0 Å². The number of rotatable bonds is 2. The number of hydrogen-bond acceptors (Lipinski definition) is 2. The number of carbonyl (C=O) groups is 1. The molecule has 130 valence electrons. The molecule has 0 radical (unpaired) electrons. The lowest BCUT2D eigenvalue weighted by atomic mass is 10.0. The zero-order chi connectivity index (χ0) is 18.3. The number of para-hydroxylation sites is 1. The molecule has 1 heterocycles. The number of carbonyl (C=O) groups excluding carboxylic acids is 1. The van der Waals surface area contributed by atoms with E-state index in [4.69, 9.17) is 34.8 Å². The highest BCUT2D eigenvalue weighted by molar-refractivity contribution is 6.35. The molecule has 1 amide bonds. The molecule has 0 bridgehead atoms. The first-order valence-corrected chi connectivity index (χ1v) is 9.07. The van der Waals surface area contributed by atoms with Crippen LogP contribution in [0.25, 0.3) is 0 Å². The molecule has 1 N–H and O–H groups in total. The normalized spacial score (nSPS) is 16.2. The summed E-state index contributed by atoms with van der Waals surface area (Å²) in [6.07, 6.45) is -0.469. The average molecular weight is 404 g/mol. The number of fused-ring (bicyclic) bond motifs is 1. The highest BCUT2D eigenvalue weighted by Crippen LogP contribution is 2.39. The molecule has 3 aromatic carbocycles. The lowest BCUT2D eigenvalue weighted by Crippen LogP contribution is -2.43. The highest BCUT2D eigenvalue weighted by atomic mass is 35.5. The summed E-state index contributed by atoms with van der Waals surface area (Å²) >= 11 is 18.5. The third-order valence-corrected chi connectivity index (χ3v) is 5.10. The van der Waals surface area contributed by atoms with Crippen LogP contribution < -0.4 is 10.2 Å². The molecule has 6 heteroatoms. The first-order chi connectivity index (χ1) is 12.5. The molecule has 3 nitrogen and oxygen atoms in total. The van der Waals surface area contributed by atoms with Crippen molar-refractivity contribution in [3.8, 4) is 0 Å². The van der Waals surface area contributed by atoms with Crippen molar-refractivity contribution in [2.75, 3.05) is 10.2 Å². The van der Waals surface area contributed by atoms with Gasteiger partial charge in [0.25, 0.3) is 5.91 Å². The molecular formula is C20H13Cl3N2O. The predicted octanol–water partition coefficient (Wildman–Crippen LogP) is 6.42. The molecule has 3 aromatic rings. The summed E-state index contributed by atoms with van der Waals surface area (Å²) in [5.74, 6) is -0.113. The molecule has 0 fully saturated rings. The summed E-state index contributed by atoms with van der Waals surface area (Å²) < 4.78 is 0. The van der Waals surface area contributed by atoms with Crippen LogP contribution in [0.3, 0.4) is 0 Å². The number of benzene rings is 3. The van der Waals surface area contributed by atoms with Crippen molar-refractivity contribution in [1.29, 1.82) is 0 Å². The zero-order valence-electron chi connectivity index (χ0n) is 13.4. The van der Waals surface area contributed by atoms with E-state index in [1.165, 1.54) is 0 Å². The molecule has 0 saturated heterocycles. The largest absolute Gasteiger partial charge is 0.360 e. The van der Waals surface area contributed by atoms with Crippen LogP contribution in [0, 0.1) is 0 Å². The van der Waals surface area contributed by atoms with E-state index in [-0.39, 0.29) is 5.91 Å². The van der Waals surface area contributed by atoms with Gasteiger partial charge in [-0.1, -0.05) is 53.0 Å². The maximum Gasteiger partial charge on any atom is 0.262 e. The molecule has 0 unspecified atom stereocenters. The fraction of sp³-hybridized carbons (Fsp3) is 0.0500. The van der Waals surface area contributed by atoms with Gasteiger partial charge in [-0.15, -0.1) is 0 Å². The predicted molar refractivity (Wildman–Crippen MR) is 108 cm³/mol. The monoisotopic (exact) mass is 402 g/mol. The lowest BCUT2D eigenvalue weighted by molar-refractivity contribution is 0.0975. The van der Waals surface area contributed by atoms with Crippen molar-refractivity contribution in [1.82, 2.24) is 0 Å². The van der Waals surface area contributed by atoms with E-state index in [0.29, 0.717) is 20.6 Å². The van der Waals surface area contributed by atoms with Gasteiger partial charge in [-0.05, 0) is 48.5 Å². The number of nitrogens with zero attached hydrogens (tertiary/aromatic N) is 1. The summed E-state index contributed by atoms with van der Waals surface area (Å²) in [5.41, 5.74) is 2.84. The van der Waals surface area contributed by atoms with Crippen molar-refractivity contribution in [2.45, 2.75) is 6.17 Å². The quantitative estimate of drug-likeness (QED) is 0.535. The minimum atomic E-state index is -0.469. The van der Waals surface area contributed by atoms with Gasteiger partial charge in [0.15, 0.2) is 0 Å². The zero-order valence-corrected chi connectivity index (χ0v) is 15.7. The van der Waals surface area contributed by atoms with Gasteiger partial charge in [0.2, 0.25) is 0 Å². The van der Waals surface area contributed by atoms with Gasteiger partial charge < -0.3 is 5.32 Å². The maximum absolute atomic E-state index is 13.2. The number of nitrogens with one attached hydrogen (secondary N) is 1. The highest BCUT2D eigenvalue weighted by Gasteiger charge is 2.34. The van der Waals surface area contributed by atoms with E-state index < -0.39 is 6.17 Å². The Labute approximate surface area is 166 Å². The van der Waals surface area contributed by atoms with Crippen LogP contribution in [0.4, 0.5) is 11.4 Å². The molecule has 4 rings (SSSR count). The van der Waals surface area contributed by atoms with E-state index in [9.17, 15) is 4.79 Å². The number of hydrogen-bond donors (Lipinski definition) is 1. The lowest BCUT2D eigenvalue weighted by Gasteiger charge is -2.38. The van der Waals surface area contributed by atoms with Crippen molar-refractivity contribution in [3.63, 3.8) is 0 Å². The molecule has 0 aromatic heterocycles. The molecule has 0 aliphatic carbocycles. The molecule has 1 atom stereocenters. The van der Waals surface area contributed by atoms with Crippen LogP contribution in [0.2, 0.25) is 15.1 Å². The average Bonchev–Trinajstić information content (AvgIpc) is 2.63. The second-order valence-electron chi connectivity index (χ2n) is 5.91. The molecule has 1 aliphatic heterocycles. The standard InChI is InChI=1S/C20H13Cl3N2O/c21-12-5-8-14(9-6-12)25-19(15-10-7-13(22)11-17(15)23)24-18-4-2-1-3-16(18)20(25)26/h1-11,19,24H/t19-/m0/s1. The van der Waals surface area contributed by atoms with Gasteiger partial charge >= 0.3 is 0 Å². The van der Waals surface area contributed by atoms with Crippen LogP contribution in [0.1, 0.15) is 22.1 Å². The Morgan fingerprint density at radius 1 is 0.846 bits per heavy atom. The Morgan fingerprint density at radius 2 is 1.54 bits per heavy atom. The van der Waals surface area contributed by atoms with Crippen LogP contribution >= 0.6 is 34.8 Å². The third kappa shape index (κ3) is 3.03. The van der Waals surface area contributed by atoms with Gasteiger partial charge in [0.05, 0.1) is 5.56 Å². The van der Waals surface area contributed by atoms with Crippen molar-refractivity contribution in [2.24, 2.45) is 0 Å². The number of amides is 1. The van der Waals surface area contributed by atoms with E-state index >= 15 is 0 Å². The molecular weight excluding hydrogens is 391 g/mol. The molecule has 26 heavy (non-hydrogen) atoms. The Hall–Kier alpha value is -2.20. The van der Waals surface area contributed by atoms with E-state index in [1.54, 1.807) is 35.2 Å². The third-order valence-electron chi connectivity index (χ3n) is 4.29. The van der Waals surface area contributed by atoms with Crippen molar-refractivity contribution < 1.29 is 4.79 Å². The van der Waals surface area contributed by atoms with Gasteiger partial charge in [-0.25, -0.2) is 0 Å². The Kier molecular flexibility index (Phi) is 4.53. The second-order valence-corrected chi connectivity index (χ2v) is 7.19. The Bertz CT molecular complexity index is 989. The minimum absolute atomic E-state index is 0.113. The Balaban J connectivity index is 1.88. The number of halogens is 3. The van der Waals surface area contributed by atoms with Crippen molar-refractivity contribution >= 4 is 52.1 Å². The summed E-state index contributed by atoms with van der Waals surface area (Å²) in [6, 6.07) is 19.8. The van der Waals surface area contributed by atoms with Crippen LogP contribution in [0.15, 0.2) is 66.7 Å². The summed E-state index contributed by atoms with van der Waals surface area (Å²) in [5, 5.41) is 5.04. The topological polar surface area (TPSA) is 32.3 Å². The van der Waals surface area contributed by atoms with E-state index in [0.717, 1.165) is 16.9 Å². The van der Waals surface area contributed by atoms with E-state index in [1.807, 2.05) is 36.4 Å². The first kappa shape index (κ1) is 17.2. The van der Waals surface area contributed by atoms with Crippen LogP contribution in [-0.2, 0) is 0 Å². The van der Waals surface area contributed by atoms with Crippen molar-refractivity contribution in [3.05, 3.63) is 92.9 Å². The van der Waals surface area contributed by atoms with Gasteiger partial charge in [0, 0.05) is 32.0 Å². The van der Waals surface area contributed by atoms with Crippen LogP contribution in [-0.4, -0.2) is 5.91 Å². The fourth-order valence-electron chi connectivity index (χ4n) is 3.06. The Morgan fingerprint density at radius 3 is 2.27 bits per heavy atom. The fourth-order valence-corrected chi connectivity index (χ4v) is 3.70. The SMILES string of the molecule is O=C1c2ccccc2N[C@H](c2ccc(Cl)cc2Cl)N1c1ccc(Cl)cc1. The van der Waals surface area contributed by atoms with Gasteiger partial charge in [-0.3, -0.25) is 9.69 Å². The minimum Gasteiger partial charge on any atom is -0.360 e. The number of anilines is 2.